The summed E-state index contributed by atoms with van der Waals surface area (Å²) in [5.41, 5.74) is 8.75. The predicted octanol–water partition coefficient (Wildman–Crippen LogP) is 2.24. The molecule has 0 saturated heterocycles. The van der Waals surface area contributed by atoms with Gasteiger partial charge in [-0.15, -0.1) is 0 Å². The van der Waals surface area contributed by atoms with Crippen LogP contribution in [-0.2, 0) is 14.8 Å². The second-order valence-corrected chi connectivity index (χ2v) is 7.61. The number of anilines is 1. The van der Waals surface area contributed by atoms with Gasteiger partial charge in [0.1, 0.15) is 0 Å². The molecule has 120 valence electrons. The molecule has 0 aliphatic rings. The molecule has 6 heteroatoms. The first-order valence-electron chi connectivity index (χ1n) is 7.03. The molecule has 0 radical (unpaired) electrons. The lowest BCUT2D eigenvalue weighted by atomic mass is 10.1. The van der Waals surface area contributed by atoms with Crippen molar-refractivity contribution >= 4 is 15.7 Å². The summed E-state index contributed by atoms with van der Waals surface area (Å²) in [6.45, 7) is 9.95. The van der Waals surface area contributed by atoms with Crippen LogP contribution in [0.15, 0.2) is 11.0 Å². The summed E-state index contributed by atoms with van der Waals surface area (Å²) < 4.78 is 32.2. The summed E-state index contributed by atoms with van der Waals surface area (Å²) >= 11 is 0. The molecule has 0 atom stereocenters. The molecule has 2 N–H and O–H groups in total. The van der Waals surface area contributed by atoms with E-state index in [1.807, 2.05) is 26.8 Å². The fourth-order valence-electron chi connectivity index (χ4n) is 2.27. The lowest BCUT2D eigenvalue weighted by molar-refractivity contribution is 0.0737. The van der Waals surface area contributed by atoms with E-state index in [9.17, 15) is 8.42 Å². The number of sulfonamides is 1. The molecule has 21 heavy (non-hydrogen) atoms. The smallest absolute Gasteiger partial charge is 0.243 e. The maximum atomic E-state index is 12.7. The summed E-state index contributed by atoms with van der Waals surface area (Å²) in [4.78, 5) is 0.303. The summed E-state index contributed by atoms with van der Waals surface area (Å²) in [6.07, 6.45) is 0.0830. The largest absolute Gasteiger partial charge is 0.398 e. The van der Waals surface area contributed by atoms with Crippen LogP contribution in [0.3, 0.4) is 0 Å². The van der Waals surface area contributed by atoms with Crippen LogP contribution in [0.4, 0.5) is 5.69 Å². The third-order valence-corrected chi connectivity index (χ3v) is 5.63. The Morgan fingerprint density at radius 2 is 1.81 bits per heavy atom. The first kappa shape index (κ1) is 17.9. The minimum Gasteiger partial charge on any atom is -0.398 e. The normalized spacial score (nSPS) is 12.4. The Kier molecular flexibility index (Phi) is 5.78. The maximum Gasteiger partial charge on any atom is 0.243 e. The summed E-state index contributed by atoms with van der Waals surface area (Å²) in [5, 5.41) is 0. The van der Waals surface area contributed by atoms with Crippen LogP contribution in [-0.4, -0.2) is 39.0 Å². The van der Waals surface area contributed by atoms with Gasteiger partial charge in [-0.1, -0.05) is 6.07 Å². The van der Waals surface area contributed by atoms with Gasteiger partial charge in [0, 0.05) is 19.3 Å². The number of aryl methyl sites for hydroxylation is 2. The Hall–Kier alpha value is -1.11. The number of nitrogens with two attached hydrogens (primary N) is 1. The number of nitrogen functional groups attached to an aromatic ring is 1. The highest BCUT2D eigenvalue weighted by Crippen LogP contribution is 2.29. The van der Waals surface area contributed by atoms with Crippen LogP contribution in [0.5, 0.6) is 0 Å². The van der Waals surface area contributed by atoms with E-state index in [0.717, 1.165) is 11.1 Å². The van der Waals surface area contributed by atoms with E-state index in [2.05, 4.69) is 0 Å². The Balaban J connectivity index is 3.11. The van der Waals surface area contributed by atoms with Crippen molar-refractivity contribution in [3.63, 3.8) is 0 Å². The molecule has 5 nitrogen and oxygen atoms in total. The number of ether oxygens (including phenoxy) is 1. The zero-order valence-electron chi connectivity index (χ0n) is 13.7. The number of nitrogens with zero attached hydrogens (tertiary/aromatic N) is 1. The quantitative estimate of drug-likeness (QED) is 0.817. The molecule has 0 unspecified atom stereocenters. The second kappa shape index (κ2) is 6.77. The van der Waals surface area contributed by atoms with Crippen molar-refractivity contribution in [2.24, 2.45) is 0 Å². The molecular weight excluding hydrogens is 288 g/mol. The molecule has 0 amide bonds. The van der Waals surface area contributed by atoms with Crippen molar-refractivity contribution in [3.8, 4) is 0 Å². The minimum absolute atomic E-state index is 0.0830. The molecule has 0 fully saturated rings. The molecule has 0 saturated carbocycles. The third-order valence-electron chi connectivity index (χ3n) is 3.49. The number of hydrogen-bond donors (Lipinski definition) is 1. The Labute approximate surface area is 128 Å². The van der Waals surface area contributed by atoms with Gasteiger partial charge < -0.3 is 10.5 Å². The second-order valence-electron chi connectivity index (χ2n) is 5.62. The first-order valence-corrected chi connectivity index (χ1v) is 8.47. The van der Waals surface area contributed by atoms with E-state index in [1.165, 1.54) is 4.31 Å². The highest BCUT2D eigenvalue weighted by molar-refractivity contribution is 7.89. The van der Waals surface area contributed by atoms with E-state index in [0.29, 0.717) is 29.3 Å². The van der Waals surface area contributed by atoms with Gasteiger partial charge in [-0.05, 0) is 51.3 Å². The highest BCUT2D eigenvalue weighted by atomic mass is 32.2. The topological polar surface area (TPSA) is 72.6 Å². The van der Waals surface area contributed by atoms with Gasteiger partial charge in [-0.2, -0.15) is 4.31 Å². The molecule has 0 aliphatic heterocycles. The van der Waals surface area contributed by atoms with E-state index in [4.69, 9.17) is 10.5 Å². The SMILES string of the molecule is Cc1cc(C)c(S(=O)(=O)N(C)CCOC(C)C)c(C)c1N. The number of rotatable bonds is 6. The Morgan fingerprint density at radius 1 is 1.24 bits per heavy atom. The molecule has 1 rings (SSSR count). The first-order chi connectivity index (χ1) is 9.59. The van der Waals surface area contributed by atoms with Crippen LogP contribution in [0.25, 0.3) is 0 Å². The average molecular weight is 314 g/mol. The fraction of sp³-hybridized carbons (Fsp3) is 0.600. The maximum absolute atomic E-state index is 12.7. The van der Waals surface area contributed by atoms with Crippen LogP contribution < -0.4 is 5.73 Å². The van der Waals surface area contributed by atoms with Crippen LogP contribution in [0.2, 0.25) is 0 Å². The molecule has 0 aliphatic carbocycles. The Bertz CT molecular complexity index is 610. The highest BCUT2D eigenvalue weighted by Gasteiger charge is 2.26. The third kappa shape index (κ3) is 3.96. The van der Waals surface area contributed by atoms with Crippen LogP contribution in [0, 0.1) is 20.8 Å². The van der Waals surface area contributed by atoms with Gasteiger partial charge in [0.2, 0.25) is 10.0 Å². The summed E-state index contributed by atoms with van der Waals surface area (Å²) in [5.74, 6) is 0. The lowest BCUT2D eigenvalue weighted by Crippen LogP contribution is -2.32. The lowest BCUT2D eigenvalue weighted by Gasteiger charge is -2.22. The number of benzene rings is 1. The van der Waals surface area contributed by atoms with Crippen molar-refractivity contribution in [3.05, 3.63) is 22.8 Å². The zero-order chi connectivity index (χ0) is 16.4. The van der Waals surface area contributed by atoms with Gasteiger partial charge >= 0.3 is 0 Å². The molecule has 0 spiro atoms. The van der Waals surface area contributed by atoms with Crippen molar-refractivity contribution in [1.82, 2.24) is 4.31 Å². The zero-order valence-corrected chi connectivity index (χ0v) is 14.5. The molecule has 0 aromatic heterocycles. The molecule has 0 bridgehead atoms. The van der Waals surface area contributed by atoms with Gasteiger partial charge in [0.25, 0.3) is 0 Å². The molecule has 1 aromatic carbocycles. The number of likely N-dealkylation sites (N-methyl/N-ethyl adjacent to an activating group) is 1. The Morgan fingerprint density at radius 3 is 2.33 bits per heavy atom. The summed E-state index contributed by atoms with van der Waals surface area (Å²) in [6, 6.07) is 1.81. The van der Waals surface area contributed by atoms with Crippen molar-refractivity contribution < 1.29 is 13.2 Å². The van der Waals surface area contributed by atoms with Crippen LogP contribution in [0.1, 0.15) is 30.5 Å². The van der Waals surface area contributed by atoms with Crippen molar-refractivity contribution in [2.75, 3.05) is 25.9 Å². The minimum atomic E-state index is -3.56. The molecule has 0 heterocycles. The van der Waals surface area contributed by atoms with Crippen LogP contribution >= 0.6 is 0 Å². The monoisotopic (exact) mass is 314 g/mol. The fourth-order valence-corrected chi connectivity index (χ4v) is 3.86. The summed E-state index contributed by atoms with van der Waals surface area (Å²) in [7, 11) is -2.00. The van der Waals surface area contributed by atoms with E-state index < -0.39 is 10.0 Å². The van der Waals surface area contributed by atoms with Gasteiger partial charge in [-0.3, -0.25) is 0 Å². The van der Waals surface area contributed by atoms with E-state index in [-0.39, 0.29) is 6.10 Å². The van der Waals surface area contributed by atoms with Gasteiger partial charge in [-0.25, -0.2) is 8.42 Å². The molecular formula is C15H26N2O3S. The van der Waals surface area contributed by atoms with Crippen molar-refractivity contribution in [2.45, 2.75) is 45.6 Å². The van der Waals surface area contributed by atoms with Gasteiger partial charge in [0.15, 0.2) is 0 Å². The van der Waals surface area contributed by atoms with E-state index >= 15 is 0 Å². The van der Waals surface area contributed by atoms with Crippen molar-refractivity contribution in [1.29, 1.82) is 0 Å². The predicted molar refractivity (Wildman–Crippen MR) is 86.0 cm³/mol. The molecule has 1 aromatic rings. The standard InChI is InChI=1S/C15H26N2O3S/c1-10(2)20-8-7-17(6)21(18,19)15-12(4)9-11(3)14(16)13(15)5/h9-10H,7-8,16H2,1-6H3. The van der Waals surface area contributed by atoms with E-state index in [1.54, 1.807) is 20.9 Å². The van der Waals surface area contributed by atoms with Gasteiger partial charge in [0.05, 0.1) is 17.6 Å². The average Bonchev–Trinajstić information content (AvgIpc) is 2.35. The number of hydrogen-bond acceptors (Lipinski definition) is 4.